The van der Waals surface area contributed by atoms with Crippen molar-refractivity contribution in [1.29, 1.82) is 0 Å². The summed E-state index contributed by atoms with van der Waals surface area (Å²) in [7, 11) is 0. The first-order valence-corrected chi connectivity index (χ1v) is 9.41. The van der Waals surface area contributed by atoms with Crippen molar-refractivity contribution in [3.8, 4) is 0 Å². The van der Waals surface area contributed by atoms with Gasteiger partial charge >= 0.3 is 6.03 Å². The number of amides is 4. The maximum absolute atomic E-state index is 13.1. The van der Waals surface area contributed by atoms with Crippen LogP contribution in [0.3, 0.4) is 0 Å². The Balaban J connectivity index is 1.29. The van der Waals surface area contributed by atoms with Gasteiger partial charge in [-0.1, -0.05) is 0 Å². The third-order valence-electron chi connectivity index (χ3n) is 5.43. The second-order valence-corrected chi connectivity index (χ2v) is 7.31. The van der Waals surface area contributed by atoms with Crippen molar-refractivity contribution in [3.63, 3.8) is 0 Å². The number of carbonyl (C=O) groups excluding carboxylic acids is 3. The minimum atomic E-state index is -0.350. The highest BCUT2D eigenvalue weighted by molar-refractivity contribution is 5.96. The first-order chi connectivity index (χ1) is 13.0. The minimum absolute atomic E-state index is 0.0348. The molecule has 0 N–H and O–H groups in total. The Bertz CT molecular complexity index is 742. The van der Waals surface area contributed by atoms with Crippen LogP contribution in [0.4, 0.5) is 14.9 Å². The lowest BCUT2D eigenvalue weighted by Gasteiger charge is -2.35. The van der Waals surface area contributed by atoms with E-state index in [0.29, 0.717) is 45.0 Å². The van der Waals surface area contributed by atoms with Crippen LogP contribution in [0.15, 0.2) is 24.3 Å². The van der Waals surface area contributed by atoms with Gasteiger partial charge in [-0.15, -0.1) is 0 Å². The molecule has 2 heterocycles. The third-order valence-corrected chi connectivity index (χ3v) is 5.43. The Morgan fingerprint density at radius 3 is 2.19 bits per heavy atom. The van der Waals surface area contributed by atoms with Crippen molar-refractivity contribution in [3.05, 3.63) is 30.1 Å². The topological polar surface area (TPSA) is 64.2 Å². The molecular formula is C19H23FN4O3. The van der Waals surface area contributed by atoms with Gasteiger partial charge in [-0.3, -0.25) is 14.5 Å². The van der Waals surface area contributed by atoms with Gasteiger partial charge in [0.15, 0.2) is 0 Å². The van der Waals surface area contributed by atoms with Crippen molar-refractivity contribution in [1.82, 2.24) is 14.7 Å². The Kier molecular flexibility index (Phi) is 4.72. The number of halogens is 1. The van der Waals surface area contributed by atoms with Crippen molar-refractivity contribution in [2.75, 3.05) is 50.7 Å². The van der Waals surface area contributed by atoms with E-state index in [1.807, 2.05) is 4.90 Å². The van der Waals surface area contributed by atoms with E-state index in [4.69, 9.17) is 0 Å². The van der Waals surface area contributed by atoms with E-state index in [1.165, 1.54) is 17.0 Å². The van der Waals surface area contributed by atoms with Gasteiger partial charge in [0.2, 0.25) is 11.8 Å². The molecule has 0 radical (unpaired) electrons. The van der Waals surface area contributed by atoms with Crippen LogP contribution in [0.25, 0.3) is 0 Å². The second kappa shape index (κ2) is 7.17. The molecule has 7 nitrogen and oxygen atoms in total. The number of hydrogen-bond acceptors (Lipinski definition) is 3. The molecule has 1 aromatic rings. The molecule has 2 aliphatic heterocycles. The third kappa shape index (κ3) is 3.74. The summed E-state index contributed by atoms with van der Waals surface area (Å²) in [6.45, 7) is 3.13. The number of nitrogens with zero attached hydrogens (tertiary/aromatic N) is 4. The molecule has 0 unspecified atom stereocenters. The molecule has 2 saturated heterocycles. The molecule has 1 aromatic carbocycles. The maximum Gasteiger partial charge on any atom is 0.325 e. The fourth-order valence-corrected chi connectivity index (χ4v) is 3.62. The first-order valence-electron chi connectivity index (χ1n) is 9.41. The van der Waals surface area contributed by atoms with Gasteiger partial charge in [0.1, 0.15) is 12.4 Å². The molecule has 3 aliphatic rings. The lowest BCUT2D eigenvalue weighted by atomic mass is 10.2. The van der Waals surface area contributed by atoms with Crippen molar-refractivity contribution < 1.29 is 18.8 Å². The summed E-state index contributed by atoms with van der Waals surface area (Å²) in [6.07, 6.45) is 1.97. The van der Waals surface area contributed by atoms with Gasteiger partial charge in [-0.05, 0) is 37.1 Å². The minimum Gasteiger partial charge on any atom is -0.339 e. The van der Waals surface area contributed by atoms with Gasteiger partial charge in [-0.25, -0.2) is 9.18 Å². The summed E-state index contributed by atoms with van der Waals surface area (Å²) in [5, 5.41) is 0. The van der Waals surface area contributed by atoms with E-state index >= 15 is 0 Å². The normalized spacial score (nSPS) is 20.4. The molecule has 4 amide bonds. The van der Waals surface area contributed by atoms with Crippen LogP contribution in [-0.2, 0) is 9.59 Å². The monoisotopic (exact) mass is 374 g/mol. The standard InChI is InChI=1S/C19H23FN4O3/c20-15-3-5-16(6-4-15)24-12-11-23(19(24)27)13-17(25)21-7-9-22(10-8-21)18(26)14-1-2-14/h3-6,14H,1-2,7-13H2. The van der Waals surface area contributed by atoms with Gasteiger partial charge in [0.05, 0.1) is 0 Å². The predicted octanol–water partition coefficient (Wildman–Crippen LogP) is 1.15. The summed E-state index contributed by atoms with van der Waals surface area (Å²) < 4.78 is 13.1. The number of rotatable bonds is 4. The van der Waals surface area contributed by atoms with E-state index in [-0.39, 0.29) is 36.1 Å². The Labute approximate surface area is 157 Å². The van der Waals surface area contributed by atoms with Crippen LogP contribution in [0.5, 0.6) is 0 Å². The van der Waals surface area contributed by atoms with Gasteiger partial charge < -0.3 is 14.7 Å². The quantitative estimate of drug-likeness (QED) is 0.794. The highest BCUT2D eigenvalue weighted by Gasteiger charge is 2.36. The zero-order valence-corrected chi connectivity index (χ0v) is 15.1. The summed E-state index contributed by atoms with van der Waals surface area (Å²) in [5.74, 6) is -0.0294. The van der Waals surface area contributed by atoms with E-state index in [1.54, 1.807) is 21.9 Å². The number of anilines is 1. The van der Waals surface area contributed by atoms with Gasteiger partial charge in [0, 0.05) is 50.9 Å². The molecule has 3 fully saturated rings. The first kappa shape index (κ1) is 17.8. The van der Waals surface area contributed by atoms with Crippen molar-refractivity contribution in [2.24, 2.45) is 5.92 Å². The fourth-order valence-electron chi connectivity index (χ4n) is 3.62. The summed E-state index contributed by atoms with van der Waals surface area (Å²) in [6, 6.07) is 5.53. The largest absolute Gasteiger partial charge is 0.339 e. The number of hydrogen-bond donors (Lipinski definition) is 0. The Hall–Kier alpha value is -2.64. The average Bonchev–Trinajstić information content (AvgIpc) is 3.47. The Morgan fingerprint density at radius 2 is 1.56 bits per heavy atom. The summed E-state index contributed by atoms with van der Waals surface area (Å²) in [4.78, 5) is 43.9. The second-order valence-electron chi connectivity index (χ2n) is 7.31. The Morgan fingerprint density at radius 1 is 0.926 bits per heavy atom. The smallest absolute Gasteiger partial charge is 0.325 e. The molecule has 4 rings (SSSR count). The molecule has 1 aliphatic carbocycles. The number of benzene rings is 1. The van der Waals surface area contributed by atoms with Crippen LogP contribution >= 0.6 is 0 Å². The van der Waals surface area contributed by atoms with Crippen LogP contribution in [0.2, 0.25) is 0 Å². The van der Waals surface area contributed by atoms with Crippen LogP contribution < -0.4 is 4.90 Å². The average molecular weight is 374 g/mol. The fraction of sp³-hybridized carbons (Fsp3) is 0.526. The van der Waals surface area contributed by atoms with Crippen LogP contribution in [0.1, 0.15) is 12.8 Å². The molecule has 1 saturated carbocycles. The predicted molar refractivity (Wildman–Crippen MR) is 96.6 cm³/mol. The van der Waals surface area contributed by atoms with E-state index in [2.05, 4.69) is 0 Å². The molecule has 0 bridgehead atoms. The molecule has 8 heteroatoms. The maximum atomic E-state index is 13.1. The molecule has 144 valence electrons. The molecule has 27 heavy (non-hydrogen) atoms. The lowest BCUT2D eigenvalue weighted by molar-refractivity contribution is -0.140. The molecular weight excluding hydrogens is 351 g/mol. The van der Waals surface area contributed by atoms with E-state index in [9.17, 15) is 18.8 Å². The zero-order valence-electron chi connectivity index (χ0n) is 15.1. The van der Waals surface area contributed by atoms with E-state index < -0.39 is 0 Å². The lowest BCUT2D eigenvalue weighted by Crippen LogP contribution is -2.53. The number of piperazine rings is 1. The van der Waals surface area contributed by atoms with Gasteiger partial charge in [-0.2, -0.15) is 0 Å². The van der Waals surface area contributed by atoms with Crippen molar-refractivity contribution >= 4 is 23.5 Å². The summed E-state index contributed by atoms with van der Waals surface area (Å²) >= 11 is 0. The number of carbonyl (C=O) groups is 3. The highest BCUT2D eigenvalue weighted by Crippen LogP contribution is 2.31. The summed E-state index contributed by atoms with van der Waals surface area (Å²) in [5.41, 5.74) is 0.628. The van der Waals surface area contributed by atoms with E-state index in [0.717, 1.165) is 12.8 Å². The highest BCUT2D eigenvalue weighted by atomic mass is 19.1. The van der Waals surface area contributed by atoms with Gasteiger partial charge in [0.25, 0.3) is 0 Å². The molecule has 0 aromatic heterocycles. The zero-order chi connectivity index (χ0) is 19.0. The molecule has 0 spiro atoms. The molecule has 0 atom stereocenters. The SMILES string of the molecule is O=C(CN1CCN(c2ccc(F)cc2)C1=O)N1CCN(C(=O)C2CC2)CC1. The van der Waals surface area contributed by atoms with Crippen LogP contribution in [-0.4, -0.2) is 78.4 Å². The van der Waals surface area contributed by atoms with Crippen LogP contribution in [0, 0.1) is 11.7 Å². The number of urea groups is 1. The van der Waals surface area contributed by atoms with Crippen molar-refractivity contribution in [2.45, 2.75) is 12.8 Å².